The second-order valence-corrected chi connectivity index (χ2v) is 7.10. The summed E-state index contributed by atoms with van der Waals surface area (Å²) < 4.78 is 0. The molecule has 0 heterocycles. The van der Waals surface area contributed by atoms with Gasteiger partial charge in [-0.3, -0.25) is 9.59 Å². The molecule has 5 nitrogen and oxygen atoms in total. The van der Waals surface area contributed by atoms with Crippen LogP contribution < -0.4 is 5.32 Å². The van der Waals surface area contributed by atoms with Gasteiger partial charge in [-0.15, -0.1) is 0 Å². The van der Waals surface area contributed by atoms with Crippen LogP contribution in [0.1, 0.15) is 42.1 Å². The molecule has 1 fully saturated rings. The highest BCUT2D eigenvalue weighted by Gasteiger charge is 2.29. The SMILES string of the molecule is CC1CC(C(=O)NCc2ccccc2-c2cccc(C(=O)O)c2)CCC1=O. The summed E-state index contributed by atoms with van der Waals surface area (Å²) in [6.45, 7) is 2.25. The maximum Gasteiger partial charge on any atom is 0.335 e. The van der Waals surface area contributed by atoms with Crippen LogP contribution in [0.3, 0.4) is 0 Å². The number of aromatic carboxylic acids is 1. The van der Waals surface area contributed by atoms with E-state index in [2.05, 4.69) is 5.32 Å². The molecule has 0 aliphatic heterocycles. The first-order valence-electron chi connectivity index (χ1n) is 9.17. The molecule has 2 aromatic rings. The summed E-state index contributed by atoms with van der Waals surface area (Å²) in [5, 5.41) is 12.2. The van der Waals surface area contributed by atoms with E-state index in [1.807, 2.05) is 37.3 Å². The summed E-state index contributed by atoms with van der Waals surface area (Å²) in [5.41, 5.74) is 2.85. The van der Waals surface area contributed by atoms with Crippen molar-refractivity contribution in [2.45, 2.75) is 32.7 Å². The molecule has 2 aromatic carbocycles. The Hall–Kier alpha value is -2.95. The topological polar surface area (TPSA) is 83.5 Å². The van der Waals surface area contributed by atoms with Gasteiger partial charge in [-0.25, -0.2) is 4.79 Å². The van der Waals surface area contributed by atoms with Gasteiger partial charge in [0.05, 0.1) is 5.56 Å². The number of hydrogen-bond donors (Lipinski definition) is 2. The summed E-state index contributed by atoms with van der Waals surface area (Å²) in [6, 6.07) is 14.4. The van der Waals surface area contributed by atoms with E-state index < -0.39 is 5.97 Å². The van der Waals surface area contributed by atoms with Crippen molar-refractivity contribution < 1.29 is 19.5 Å². The fraction of sp³-hybridized carbons (Fsp3) is 0.318. The minimum absolute atomic E-state index is 0.0246. The number of carbonyl (C=O) groups excluding carboxylic acids is 2. The molecule has 2 atom stereocenters. The van der Waals surface area contributed by atoms with Gasteiger partial charge in [0.2, 0.25) is 5.91 Å². The molecular weight excluding hydrogens is 342 g/mol. The van der Waals surface area contributed by atoms with Crippen molar-refractivity contribution in [1.29, 1.82) is 0 Å². The van der Waals surface area contributed by atoms with Crippen molar-refractivity contribution in [2.24, 2.45) is 11.8 Å². The number of carbonyl (C=O) groups is 3. The molecule has 0 bridgehead atoms. The van der Waals surface area contributed by atoms with Crippen LogP contribution in [0.5, 0.6) is 0 Å². The molecule has 27 heavy (non-hydrogen) atoms. The molecule has 140 valence electrons. The van der Waals surface area contributed by atoms with Gasteiger partial charge < -0.3 is 10.4 Å². The lowest BCUT2D eigenvalue weighted by atomic mass is 9.81. The molecule has 0 aromatic heterocycles. The third-order valence-electron chi connectivity index (χ3n) is 5.19. The van der Waals surface area contributed by atoms with E-state index in [9.17, 15) is 19.5 Å². The Morgan fingerprint density at radius 3 is 2.67 bits per heavy atom. The van der Waals surface area contributed by atoms with Crippen molar-refractivity contribution in [3.8, 4) is 11.1 Å². The zero-order valence-corrected chi connectivity index (χ0v) is 15.3. The number of carboxylic acids is 1. The first-order chi connectivity index (χ1) is 13.0. The van der Waals surface area contributed by atoms with Crippen molar-refractivity contribution in [3.63, 3.8) is 0 Å². The third-order valence-corrected chi connectivity index (χ3v) is 5.19. The standard InChI is InChI=1S/C22H23NO4/c1-14-11-16(9-10-20(14)24)21(25)23-13-18-5-2-3-8-19(18)15-6-4-7-17(12-15)22(26)27/h2-8,12,14,16H,9-11,13H2,1H3,(H,23,25)(H,26,27). The predicted octanol–water partition coefficient (Wildman–Crippen LogP) is 3.67. The molecule has 1 aliphatic carbocycles. The van der Waals surface area contributed by atoms with Gasteiger partial charge >= 0.3 is 5.97 Å². The van der Waals surface area contributed by atoms with Crippen LogP contribution in [0.25, 0.3) is 11.1 Å². The van der Waals surface area contributed by atoms with Gasteiger partial charge in [-0.1, -0.05) is 43.3 Å². The zero-order chi connectivity index (χ0) is 19.4. The van der Waals surface area contributed by atoms with Gasteiger partial charge in [0.25, 0.3) is 0 Å². The van der Waals surface area contributed by atoms with Crippen molar-refractivity contribution in [1.82, 2.24) is 5.32 Å². The summed E-state index contributed by atoms with van der Waals surface area (Å²) >= 11 is 0. The summed E-state index contributed by atoms with van der Waals surface area (Å²) in [5.74, 6) is -0.935. The lowest BCUT2D eigenvalue weighted by Crippen LogP contribution is -2.35. The Kier molecular flexibility index (Phi) is 5.69. The number of hydrogen-bond acceptors (Lipinski definition) is 3. The first kappa shape index (κ1) is 18.8. The van der Waals surface area contributed by atoms with Gasteiger partial charge in [0.1, 0.15) is 5.78 Å². The molecular formula is C22H23NO4. The molecule has 0 spiro atoms. The van der Waals surface area contributed by atoms with E-state index >= 15 is 0 Å². The Bertz CT molecular complexity index is 874. The number of carboxylic acid groups (broad SMARTS) is 1. The highest BCUT2D eigenvalue weighted by Crippen LogP contribution is 2.27. The lowest BCUT2D eigenvalue weighted by molar-refractivity contribution is -0.131. The quantitative estimate of drug-likeness (QED) is 0.847. The van der Waals surface area contributed by atoms with Gasteiger partial charge in [0.15, 0.2) is 0 Å². The molecule has 0 saturated heterocycles. The second-order valence-electron chi connectivity index (χ2n) is 7.10. The van der Waals surface area contributed by atoms with Crippen LogP contribution >= 0.6 is 0 Å². The molecule has 0 radical (unpaired) electrons. The van der Waals surface area contributed by atoms with Crippen LogP contribution in [0.15, 0.2) is 48.5 Å². The molecule has 1 aliphatic rings. The molecule has 5 heteroatoms. The van der Waals surface area contributed by atoms with Gasteiger partial charge in [-0.05, 0) is 41.7 Å². The minimum Gasteiger partial charge on any atom is -0.478 e. The third kappa shape index (κ3) is 4.42. The smallest absolute Gasteiger partial charge is 0.335 e. The normalized spacial score (nSPS) is 19.5. The summed E-state index contributed by atoms with van der Waals surface area (Å²) in [7, 11) is 0. The number of amides is 1. The number of nitrogens with one attached hydrogen (secondary N) is 1. The van der Waals surface area contributed by atoms with Crippen LogP contribution in [0.4, 0.5) is 0 Å². The lowest BCUT2D eigenvalue weighted by Gasteiger charge is -2.25. The second kappa shape index (κ2) is 8.16. The summed E-state index contributed by atoms with van der Waals surface area (Å²) in [6.07, 6.45) is 1.68. The molecule has 3 rings (SSSR count). The van der Waals surface area contributed by atoms with Crippen molar-refractivity contribution in [2.75, 3.05) is 0 Å². The Morgan fingerprint density at radius 2 is 1.93 bits per heavy atom. The Balaban J connectivity index is 1.73. The monoisotopic (exact) mass is 365 g/mol. The molecule has 2 N–H and O–H groups in total. The van der Waals surface area contributed by atoms with E-state index in [-0.39, 0.29) is 29.1 Å². The average molecular weight is 365 g/mol. The van der Waals surface area contributed by atoms with Crippen molar-refractivity contribution in [3.05, 3.63) is 59.7 Å². The van der Waals surface area contributed by atoms with E-state index in [0.29, 0.717) is 25.8 Å². The fourth-order valence-corrected chi connectivity index (χ4v) is 3.58. The van der Waals surface area contributed by atoms with Crippen LogP contribution in [0, 0.1) is 11.8 Å². The van der Waals surface area contributed by atoms with Crippen LogP contribution in [0.2, 0.25) is 0 Å². The van der Waals surface area contributed by atoms with E-state index in [0.717, 1.165) is 16.7 Å². The number of rotatable bonds is 5. The Morgan fingerprint density at radius 1 is 1.15 bits per heavy atom. The average Bonchev–Trinajstić information content (AvgIpc) is 2.68. The Labute approximate surface area is 158 Å². The maximum atomic E-state index is 12.5. The van der Waals surface area contributed by atoms with E-state index in [1.165, 1.54) is 0 Å². The summed E-state index contributed by atoms with van der Waals surface area (Å²) in [4.78, 5) is 35.4. The number of Topliss-reactive ketones (excluding diaryl/α,β-unsaturated/α-hetero) is 1. The van der Waals surface area contributed by atoms with Gasteiger partial charge in [0, 0.05) is 24.8 Å². The minimum atomic E-state index is -0.969. The van der Waals surface area contributed by atoms with Crippen molar-refractivity contribution >= 4 is 17.7 Å². The fourth-order valence-electron chi connectivity index (χ4n) is 3.58. The molecule has 1 saturated carbocycles. The molecule has 2 unspecified atom stereocenters. The highest BCUT2D eigenvalue weighted by molar-refractivity contribution is 5.89. The van der Waals surface area contributed by atoms with E-state index in [4.69, 9.17) is 0 Å². The largest absolute Gasteiger partial charge is 0.478 e. The zero-order valence-electron chi connectivity index (χ0n) is 15.3. The maximum absolute atomic E-state index is 12.5. The highest BCUT2D eigenvalue weighted by atomic mass is 16.4. The number of ketones is 1. The first-order valence-corrected chi connectivity index (χ1v) is 9.17. The molecule has 1 amide bonds. The van der Waals surface area contributed by atoms with E-state index in [1.54, 1.807) is 18.2 Å². The predicted molar refractivity (Wildman–Crippen MR) is 102 cm³/mol. The van der Waals surface area contributed by atoms with Gasteiger partial charge in [-0.2, -0.15) is 0 Å². The van der Waals surface area contributed by atoms with Crippen LogP contribution in [-0.4, -0.2) is 22.8 Å². The van der Waals surface area contributed by atoms with Crippen LogP contribution in [-0.2, 0) is 16.1 Å². The number of benzene rings is 2.